The Bertz CT molecular complexity index is 1720. The summed E-state index contributed by atoms with van der Waals surface area (Å²) in [6.07, 6.45) is 54.8. The van der Waals surface area contributed by atoms with Crippen LogP contribution >= 0.6 is 0 Å². The first-order valence-electron chi connectivity index (χ1n) is 28.9. The highest BCUT2D eigenvalue weighted by Gasteiger charge is 2.50. The Morgan fingerprint density at radius 1 is 0.453 bits per heavy atom. The monoisotopic (exact) mass is 1050 g/mol. The topological polar surface area (TPSA) is 175 Å². The molecule has 0 aromatic carbocycles. The first-order valence-corrected chi connectivity index (χ1v) is 28.9. The molecule has 0 radical (unpaired) electrons. The van der Waals surface area contributed by atoms with Crippen LogP contribution in [0.25, 0.3) is 0 Å². The zero-order valence-electron chi connectivity index (χ0n) is 46.5. The highest BCUT2D eigenvalue weighted by Crippen LogP contribution is 2.26. The molecule has 0 aromatic rings. The minimum atomic E-state index is -1.92. The molecule has 1 fully saturated rings. The molecule has 75 heavy (non-hydrogen) atoms. The number of hydrogen-bond donors (Lipinski definition) is 3. The van der Waals surface area contributed by atoms with Gasteiger partial charge in [0, 0.05) is 19.3 Å². The van der Waals surface area contributed by atoms with Crippen LogP contribution in [0.1, 0.15) is 213 Å². The molecule has 1 aliphatic rings. The second-order valence-corrected chi connectivity index (χ2v) is 19.2. The van der Waals surface area contributed by atoms with Crippen molar-refractivity contribution in [3.05, 3.63) is 109 Å². The molecular weight excluding hydrogens is 949 g/mol. The smallest absolute Gasteiger partial charge is 0.335 e. The normalized spacial score (nSPS) is 19.0. The third kappa shape index (κ3) is 40.3. The van der Waals surface area contributed by atoms with Gasteiger partial charge in [-0.15, -0.1) is 0 Å². The number of rotatable bonds is 47. The van der Waals surface area contributed by atoms with Crippen molar-refractivity contribution in [2.24, 2.45) is 0 Å². The number of aliphatic carboxylic acids is 1. The number of carboxylic acid groups (broad SMARTS) is 1. The number of hydrogen-bond acceptors (Lipinski definition) is 11. The molecule has 1 rings (SSSR count). The number of aliphatic hydroxyl groups is 2. The molecule has 424 valence electrons. The lowest BCUT2D eigenvalue weighted by Crippen LogP contribution is -2.61. The molecule has 0 aliphatic carbocycles. The van der Waals surface area contributed by atoms with Gasteiger partial charge in [-0.3, -0.25) is 14.4 Å². The van der Waals surface area contributed by atoms with E-state index in [0.29, 0.717) is 19.3 Å². The number of allylic oxidation sites excluding steroid dienone is 18. The van der Waals surface area contributed by atoms with Gasteiger partial charge in [-0.25, -0.2) is 4.79 Å². The summed E-state index contributed by atoms with van der Waals surface area (Å²) in [6, 6.07) is 0. The number of aliphatic hydroxyl groups excluding tert-OH is 2. The summed E-state index contributed by atoms with van der Waals surface area (Å²) in [5.41, 5.74) is 0. The fourth-order valence-electron chi connectivity index (χ4n) is 7.94. The Balaban J connectivity index is 2.73. The highest BCUT2D eigenvalue weighted by atomic mass is 16.7. The summed E-state index contributed by atoms with van der Waals surface area (Å²) in [4.78, 5) is 51.1. The first-order chi connectivity index (χ1) is 36.6. The molecule has 0 aromatic heterocycles. The van der Waals surface area contributed by atoms with Gasteiger partial charge in [0.1, 0.15) is 18.8 Å². The lowest BCUT2D eigenvalue weighted by Gasteiger charge is -2.40. The van der Waals surface area contributed by atoms with E-state index in [1.165, 1.54) is 0 Å². The second kappa shape index (κ2) is 50.2. The Morgan fingerprint density at radius 2 is 0.840 bits per heavy atom. The quantitative estimate of drug-likeness (QED) is 0.0228. The Morgan fingerprint density at radius 3 is 1.28 bits per heavy atom. The van der Waals surface area contributed by atoms with Crippen molar-refractivity contribution < 1.29 is 58.2 Å². The van der Waals surface area contributed by atoms with Gasteiger partial charge >= 0.3 is 23.9 Å². The van der Waals surface area contributed by atoms with Gasteiger partial charge in [-0.2, -0.15) is 0 Å². The third-order valence-corrected chi connectivity index (χ3v) is 12.3. The van der Waals surface area contributed by atoms with E-state index < -0.39 is 67.3 Å². The van der Waals surface area contributed by atoms with Gasteiger partial charge in [0.2, 0.25) is 0 Å². The zero-order chi connectivity index (χ0) is 54.7. The van der Waals surface area contributed by atoms with Crippen molar-refractivity contribution in [1.29, 1.82) is 0 Å². The number of esters is 3. The third-order valence-electron chi connectivity index (χ3n) is 12.3. The molecule has 0 bridgehead atoms. The molecule has 3 N–H and O–H groups in total. The highest BCUT2D eigenvalue weighted by molar-refractivity contribution is 5.74. The number of carbonyl (C=O) groups excluding carboxylic acids is 3. The SMILES string of the molecule is CC/C=C\C/C=C\C/C=C\C/C=C\CCCCCCC(=O)OC1C(OCC(COC(=O)CCCCCCC/C=C\C/C=C\C/C=C\CC)OC(=O)CCCCCCC/C=C\C/C=C\CCC)OC(C(=O)O)C(O)C1O. The predicted octanol–water partition coefficient (Wildman–Crippen LogP) is 14.7. The maximum Gasteiger partial charge on any atom is 0.335 e. The van der Waals surface area contributed by atoms with Crippen LogP contribution in [0.15, 0.2) is 109 Å². The lowest BCUT2D eigenvalue weighted by atomic mass is 9.98. The molecule has 0 spiro atoms. The summed E-state index contributed by atoms with van der Waals surface area (Å²) in [6.45, 7) is 5.65. The van der Waals surface area contributed by atoms with E-state index in [0.717, 1.165) is 154 Å². The summed E-state index contributed by atoms with van der Waals surface area (Å²) >= 11 is 0. The van der Waals surface area contributed by atoms with E-state index in [-0.39, 0.29) is 25.9 Å². The number of ether oxygens (including phenoxy) is 5. The molecular formula is C63H100O12. The van der Waals surface area contributed by atoms with Crippen molar-refractivity contribution in [1.82, 2.24) is 0 Å². The number of carboxylic acids is 1. The molecule has 6 atom stereocenters. The number of unbranched alkanes of at least 4 members (excludes halogenated alkanes) is 15. The van der Waals surface area contributed by atoms with Crippen molar-refractivity contribution in [3.63, 3.8) is 0 Å². The Labute approximate surface area is 453 Å². The minimum Gasteiger partial charge on any atom is -0.479 e. The first kappa shape index (κ1) is 68.4. The summed E-state index contributed by atoms with van der Waals surface area (Å²) < 4.78 is 28.3. The maximum atomic E-state index is 13.1. The summed E-state index contributed by atoms with van der Waals surface area (Å²) in [7, 11) is 0. The van der Waals surface area contributed by atoms with E-state index in [2.05, 4.69) is 130 Å². The molecule has 1 aliphatic heterocycles. The van der Waals surface area contributed by atoms with Crippen molar-refractivity contribution in [3.8, 4) is 0 Å². The van der Waals surface area contributed by atoms with Gasteiger partial charge in [-0.05, 0) is 116 Å². The van der Waals surface area contributed by atoms with E-state index in [1.807, 2.05) is 0 Å². The average molecular weight is 1050 g/mol. The maximum absolute atomic E-state index is 13.1. The van der Waals surface area contributed by atoms with Crippen LogP contribution in [0.2, 0.25) is 0 Å². The van der Waals surface area contributed by atoms with E-state index >= 15 is 0 Å². The summed E-state index contributed by atoms with van der Waals surface area (Å²) in [5.74, 6) is -3.21. The molecule has 1 saturated heterocycles. The van der Waals surface area contributed by atoms with Crippen LogP contribution in [-0.2, 0) is 42.9 Å². The van der Waals surface area contributed by atoms with E-state index in [9.17, 15) is 34.5 Å². The molecule has 6 unspecified atom stereocenters. The molecule has 12 nitrogen and oxygen atoms in total. The van der Waals surface area contributed by atoms with Crippen LogP contribution in [0.3, 0.4) is 0 Å². The average Bonchev–Trinajstić information content (AvgIpc) is 3.39. The predicted molar refractivity (Wildman–Crippen MR) is 303 cm³/mol. The van der Waals surface area contributed by atoms with Crippen LogP contribution in [0.4, 0.5) is 0 Å². The van der Waals surface area contributed by atoms with Gasteiger partial charge < -0.3 is 39.0 Å². The van der Waals surface area contributed by atoms with Gasteiger partial charge in [0.15, 0.2) is 24.6 Å². The Hall–Kier alpha value is -4.62. The minimum absolute atomic E-state index is 0.0236. The zero-order valence-corrected chi connectivity index (χ0v) is 46.5. The number of carbonyl (C=O) groups is 4. The van der Waals surface area contributed by atoms with E-state index in [1.54, 1.807) is 0 Å². The standard InChI is InChI=1S/C63H100O12/c1-4-7-10-13-16-19-22-25-27-28-30-33-36-39-42-45-48-51-57(66)74-61-59(68)58(67)60(62(69)70)75-63(61)72-53-54(73-56(65)50-47-44-41-38-35-31-24-21-18-15-12-9-6-3)52-71-55(64)49-46-43-40-37-34-32-29-26-23-20-17-14-11-8-5-2/h7-8,10-12,15-17,19-21,24-27,29-30,33,54,58-61,63,67-68H,4-6,9,13-14,18,22-23,28,31-32,34-53H2,1-3H3,(H,69,70)/b10-7-,11-8-,15-12-,19-16-,20-17-,24-21-,27-25-,29-26-,33-30-. The van der Waals surface area contributed by atoms with E-state index in [4.69, 9.17) is 23.7 Å². The second-order valence-electron chi connectivity index (χ2n) is 19.2. The van der Waals surface area contributed by atoms with Gasteiger partial charge in [0.25, 0.3) is 0 Å². The summed E-state index contributed by atoms with van der Waals surface area (Å²) in [5, 5.41) is 31.5. The van der Waals surface area contributed by atoms with Crippen molar-refractivity contribution >= 4 is 23.9 Å². The molecule has 0 amide bonds. The molecule has 0 saturated carbocycles. The van der Waals surface area contributed by atoms with Crippen LogP contribution in [0, 0.1) is 0 Å². The molecule has 1 heterocycles. The largest absolute Gasteiger partial charge is 0.479 e. The van der Waals surface area contributed by atoms with Crippen molar-refractivity contribution in [2.75, 3.05) is 13.2 Å². The van der Waals surface area contributed by atoms with Gasteiger partial charge in [0.05, 0.1) is 6.61 Å². The van der Waals surface area contributed by atoms with Crippen LogP contribution < -0.4 is 0 Å². The fraction of sp³-hybridized carbons (Fsp3) is 0.651. The lowest BCUT2D eigenvalue weighted by molar-refractivity contribution is -0.301. The van der Waals surface area contributed by atoms with Gasteiger partial charge in [-0.1, -0.05) is 188 Å². The van der Waals surface area contributed by atoms with Crippen LogP contribution in [0.5, 0.6) is 0 Å². The van der Waals surface area contributed by atoms with Crippen molar-refractivity contribution in [2.45, 2.75) is 250 Å². The fourth-order valence-corrected chi connectivity index (χ4v) is 7.94. The molecule has 12 heteroatoms. The van der Waals surface area contributed by atoms with Crippen LogP contribution in [-0.4, -0.2) is 89.2 Å². The Kier molecular flexibility index (Phi) is 45.8.